The smallest absolute Gasteiger partial charge is 0.263 e. The SMILES string of the molecule is C[C@@H](Nc1cnnc2ccc(C3=CCN(C(=O)C4COC4)CC3)cc12)c1cc(O)cc(C(F)F)c1. The van der Waals surface area contributed by atoms with Crippen molar-refractivity contribution in [2.24, 2.45) is 5.92 Å². The van der Waals surface area contributed by atoms with E-state index in [2.05, 4.69) is 21.6 Å². The van der Waals surface area contributed by atoms with Crippen LogP contribution in [-0.4, -0.2) is 52.4 Å². The Bertz CT molecular complexity index is 1290. The van der Waals surface area contributed by atoms with Gasteiger partial charge in [-0.25, -0.2) is 8.78 Å². The Morgan fingerprint density at radius 3 is 2.69 bits per heavy atom. The molecule has 182 valence electrons. The van der Waals surface area contributed by atoms with Gasteiger partial charge < -0.3 is 20.1 Å². The summed E-state index contributed by atoms with van der Waals surface area (Å²) in [5.74, 6) is -0.0566. The molecule has 0 saturated carbocycles. The second-order valence-electron chi connectivity index (χ2n) is 9.01. The van der Waals surface area contributed by atoms with Gasteiger partial charge in [0.15, 0.2) is 0 Å². The molecule has 9 heteroatoms. The summed E-state index contributed by atoms with van der Waals surface area (Å²) < 4.78 is 31.5. The molecule has 3 heterocycles. The lowest BCUT2D eigenvalue weighted by atomic mass is 9.96. The Balaban J connectivity index is 1.38. The van der Waals surface area contributed by atoms with Gasteiger partial charge >= 0.3 is 0 Å². The van der Waals surface area contributed by atoms with Crippen LogP contribution < -0.4 is 5.32 Å². The van der Waals surface area contributed by atoms with Crippen LogP contribution in [0.2, 0.25) is 0 Å². The molecule has 5 rings (SSSR count). The van der Waals surface area contributed by atoms with Gasteiger partial charge in [0, 0.05) is 30.1 Å². The monoisotopic (exact) mass is 480 g/mol. The number of amides is 1. The van der Waals surface area contributed by atoms with Crippen molar-refractivity contribution < 1.29 is 23.4 Å². The highest BCUT2D eigenvalue weighted by atomic mass is 19.3. The van der Waals surface area contributed by atoms with E-state index in [0.717, 1.165) is 29.0 Å². The predicted molar refractivity (Wildman–Crippen MR) is 128 cm³/mol. The van der Waals surface area contributed by atoms with E-state index >= 15 is 0 Å². The van der Waals surface area contributed by atoms with Gasteiger partial charge in [0.05, 0.1) is 36.5 Å². The molecule has 0 aliphatic carbocycles. The molecule has 0 bridgehead atoms. The van der Waals surface area contributed by atoms with Crippen molar-refractivity contribution in [1.82, 2.24) is 15.1 Å². The molecule has 0 spiro atoms. The molecule has 1 aromatic heterocycles. The normalized spacial score (nSPS) is 17.3. The molecule has 2 N–H and O–H groups in total. The zero-order valence-electron chi connectivity index (χ0n) is 19.2. The average molecular weight is 481 g/mol. The van der Waals surface area contributed by atoms with Crippen molar-refractivity contribution in [3.05, 3.63) is 65.4 Å². The number of phenolic OH excluding ortho intramolecular Hbond substituents is 1. The maximum Gasteiger partial charge on any atom is 0.263 e. The number of anilines is 1. The summed E-state index contributed by atoms with van der Waals surface area (Å²) in [6.45, 7) is 4.10. The van der Waals surface area contributed by atoms with Crippen LogP contribution in [0.25, 0.3) is 16.5 Å². The minimum Gasteiger partial charge on any atom is -0.508 e. The lowest BCUT2D eigenvalue weighted by molar-refractivity contribution is -0.149. The Labute approximate surface area is 201 Å². The summed E-state index contributed by atoms with van der Waals surface area (Å²) in [7, 11) is 0. The van der Waals surface area contributed by atoms with E-state index < -0.39 is 6.43 Å². The second kappa shape index (κ2) is 9.58. The molecule has 2 aromatic carbocycles. The van der Waals surface area contributed by atoms with Gasteiger partial charge in [-0.05, 0) is 60.4 Å². The molecule has 35 heavy (non-hydrogen) atoms. The summed E-state index contributed by atoms with van der Waals surface area (Å²) in [5, 5.41) is 22.4. The lowest BCUT2D eigenvalue weighted by Gasteiger charge is -2.33. The van der Waals surface area contributed by atoms with Gasteiger partial charge in [0.25, 0.3) is 6.43 Å². The van der Waals surface area contributed by atoms with Crippen LogP contribution >= 0.6 is 0 Å². The van der Waals surface area contributed by atoms with Crippen LogP contribution in [0.3, 0.4) is 0 Å². The summed E-state index contributed by atoms with van der Waals surface area (Å²) in [4.78, 5) is 14.4. The van der Waals surface area contributed by atoms with E-state index in [9.17, 15) is 18.7 Å². The number of alkyl halides is 2. The maximum absolute atomic E-state index is 13.2. The number of aromatic nitrogens is 2. The first-order valence-corrected chi connectivity index (χ1v) is 11.6. The molecular formula is C26H26F2N4O3. The number of phenols is 1. The lowest BCUT2D eigenvalue weighted by Crippen LogP contribution is -2.46. The van der Waals surface area contributed by atoms with E-state index in [1.54, 1.807) is 6.20 Å². The third-order valence-corrected chi connectivity index (χ3v) is 6.60. The topological polar surface area (TPSA) is 87.6 Å². The van der Waals surface area contributed by atoms with Crippen molar-refractivity contribution >= 4 is 28.1 Å². The number of aromatic hydroxyl groups is 1. The summed E-state index contributed by atoms with van der Waals surface area (Å²) >= 11 is 0. The van der Waals surface area contributed by atoms with E-state index in [1.807, 2.05) is 30.0 Å². The van der Waals surface area contributed by atoms with E-state index in [1.165, 1.54) is 12.1 Å². The highest BCUT2D eigenvalue weighted by molar-refractivity contribution is 5.93. The number of carbonyl (C=O) groups is 1. The van der Waals surface area contributed by atoms with Gasteiger partial charge in [-0.15, -0.1) is 0 Å². The Hall–Kier alpha value is -3.59. The number of rotatable bonds is 6. The van der Waals surface area contributed by atoms with Gasteiger partial charge in [-0.3, -0.25) is 4.79 Å². The standard InChI is InChI=1S/C26H26F2N4O3/c1-15(18-8-19(25(27)28)10-21(33)9-18)30-24-12-29-31-23-3-2-17(11-22(23)24)16-4-6-32(7-5-16)26(34)20-13-35-14-20/h2-4,8-12,15,20,25,33H,5-7,13-14H2,1H3,(H,30,31)/t15-/m1/s1. The number of nitrogens with zero attached hydrogens (tertiary/aromatic N) is 3. The highest BCUT2D eigenvalue weighted by Crippen LogP contribution is 2.32. The largest absolute Gasteiger partial charge is 0.508 e. The molecule has 1 atom stereocenters. The van der Waals surface area contributed by atoms with Crippen molar-refractivity contribution in [2.45, 2.75) is 25.8 Å². The molecule has 1 fully saturated rings. The zero-order chi connectivity index (χ0) is 24.5. The molecular weight excluding hydrogens is 454 g/mol. The number of hydrogen-bond donors (Lipinski definition) is 2. The summed E-state index contributed by atoms with van der Waals surface area (Å²) in [6, 6.07) is 9.51. The molecule has 1 saturated heterocycles. The summed E-state index contributed by atoms with van der Waals surface area (Å²) in [6.07, 6.45) is 1.78. The van der Waals surface area contributed by atoms with Gasteiger partial charge in [0.2, 0.25) is 5.91 Å². The first-order chi connectivity index (χ1) is 16.9. The van der Waals surface area contributed by atoms with Crippen LogP contribution in [0.4, 0.5) is 14.5 Å². The zero-order valence-corrected chi connectivity index (χ0v) is 19.2. The molecule has 3 aromatic rings. The molecule has 1 amide bonds. The second-order valence-corrected chi connectivity index (χ2v) is 9.01. The minimum atomic E-state index is -2.67. The fourth-order valence-electron chi connectivity index (χ4n) is 4.49. The number of nitrogens with one attached hydrogen (secondary N) is 1. The van der Waals surface area contributed by atoms with E-state index in [4.69, 9.17) is 4.74 Å². The fraction of sp³-hybridized carbons (Fsp3) is 0.346. The van der Waals surface area contributed by atoms with Crippen molar-refractivity contribution in [3.8, 4) is 5.75 Å². The third-order valence-electron chi connectivity index (χ3n) is 6.60. The van der Waals surface area contributed by atoms with E-state index in [-0.39, 0.29) is 29.2 Å². The number of hydrogen-bond acceptors (Lipinski definition) is 6. The number of carbonyl (C=O) groups excluding carboxylic acids is 1. The molecule has 0 unspecified atom stereocenters. The number of halogens is 2. The first kappa shape index (κ1) is 23.2. The maximum atomic E-state index is 13.2. The third kappa shape index (κ3) is 4.81. The average Bonchev–Trinajstić information content (AvgIpc) is 2.82. The molecule has 0 radical (unpaired) electrons. The van der Waals surface area contributed by atoms with Gasteiger partial charge in [0.1, 0.15) is 5.75 Å². The van der Waals surface area contributed by atoms with Crippen molar-refractivity contribution in [3.63, 3.8) is 0 Å². The Morgan fingerprint density at radius 1 is 1.20 bits per heavy atom. The highest BCUT2D eigenvalue weighted by Gasteiger charge is 2.31. The van der Waals surface area contributed by atoms with Gasteiger partial charge in [-0.2, -0.15) is 10.2 Å². The molecule has 7 nitrogen and oxygen atoms in total. The van der Waals surface area contributed by atoms with E-state index in [0.29, 0.717) is 43.1 Å². The van der Waals surface area contributed by atoms with Crippen LogP contribution in [0.5, 0.6) is 5.75 Å². The van der Waals surface area contributed by atoms with Crippen LogP contribution in [0.15, 0.2) is 48.7 Å². The van der Waals surface area contributed by atoms with Crippen LogP contribution in [0.1, 0.15) is 42.5 Å². The predicted octanol–water partition coefficient (Wildman–Crippen LogP) is 4.71. The van der Waals surface area contributed by atoms with Crippen LogP contribution in [0, 0.1) is 5.92 Å². The van der Waals surface area contributed by atoms with Crippen LogP contribution in [-0.2, 0) is 9.53 Å². The number of ether oxygens (including phenoxy) is 1. The fourth-order valence-corrected chi connectivity index (χ4v) is 4.49. The number of benzene rings is 2. The summed E-state index contributed by atoms with van der Waals surface area (Å²) in [5.41, 5.74) is 3.93. The minimum absolute atomic E-state index is 0.0110. The quantitative estimate of drug-likeness (QED) is 0.532. The molecule has 2 aliphatic rings. The van der Waals surface area contributed by atoms with Crippen molar-refractivity contribution in [2.75, 3.05) is 31.6 Å². The number of fused-ring (bicyclic) bond motifs is 1. The van der Waals surface area contributed by atoms with Gasteiger partial charge in [-0.1, -0.05) is 12.1 Å². The Kier molecular flexibility index (Phi) is 6.34. The Morgan fingerprint density at radius 2 is 2.00 bits per heavy atom. The first-order valence-electron chi connectivity index (χ1n) is 11.6. The molecule has 2 aliphatic heterocycles. The van der Waals surface area contributed by atoms with Crippen molar-refractivity contribution in [1.29, 1.82) is 0 Å².